The number of nitrogens with one attached hydrogen (secondary N) is 1. The lowest BCUT2D eigenvalue weighted by Crippen LogP contribution is -2.46. The van der Waals surface area contributed by atoms with Crippen molar-refractivity contribution >= 4 is 23.2 Å². The van der Waals surface area contributed by atoms with Crippen molar-refractivity contribution in [3.63, 3.8) is 0 Å². The van der Waals surface area contributed by atoms with Crippen LogP contribution in [0.15, 0.2) is 42.5 Å². The Morgan fingerprint density at radius 1 is 1.12 bits per heavy atom. The number of aliphatic hydroxyl groups excluding tert-OH is 1. The third-order valence-corrected chi connectivity index (χ3v) is 4.77. The van der Waals surface area contributed by atoms with Crippen LogP contribution in [0.3, 0.4) is 0 Å². The Kier molecular flexibility index (Phi) is 7.59. The molecule has 0 aliphatic heterocycles. The first kappa shape index (κ1) is 20.8. The summed E-state index contributed by atoms with van der Waals surface area (Å²) in [5.74, 6) is 1.31. The molecule has 0 saturated carbocycles. The summed E-state index contributed by atoms with van der Waals surface area (Å²) in [5.41, 5.74) is 1.02. The van der Waals surface area contributed by atoms with Crippen molar-refractivity contribution in [1.82, 2.24) is 5.32 Å². The second kappa shape index (κ2) is 9.47. The molecule has 0 radical (unpaired) electrons. The summed E-state index contributed by atoms with van der Waals surface area (Å²) in [6, 6.07) is 13.2. The summed E-state index contributed by atoms with van der Waals surface area (Å²) in [5, 5.41) is 14.3. The number of hydrogen-bond donors (Lipinski definition) is 2. The Morgan fingerprint density at radius 3 is 2.46 bits per heavy atom. The van der Waals surface area contributed by atoms with Gasteiger partial charge in [-0.3, -0.25) is 0 Å². The maximum Gasteiger partial charge on any atom is 0.139 e. The van der Waals surface area contributed by atoms with Crippen LogP contribution < -0.4 is 14.8 Å². The van der Waals surface area contributed by atoms with Crippen molar-refractivity contribution in [2.75, 3.05) is 20.3 Å². The quantitative estimate of drug-likeness (QED) is 0.659. The predicted molar refractivity (Wildman–Crippen MR) is 107 cm³/mol. The van der Waals surface area contributed by atoms with Crippen LogP contribution in [0.4, 0.5) is 0 Å². The van der Waals surface area contributed by atoms with Gasteiger partial charge in [-0.25, -0.2) is 0 Å². The first-order valence-corrected chi connectivity index (χ1v) is 9.19. The van der Waals surface area contributed by atoms with Crippen molar-refractivity contribution in [3.8, 4) is 11.5 Å². The van der Waals surface area contributed by atoms with Gasteiger partial charge in [0.2, 0.25) is 0 Å². The maximum atomic E-state index is 10.2. The van der Waals surface area contributed by atoms with Crippen LogP contribution in [-0.2, 0) is 6.42 Å². The highest BCUT2D eigenvalue weighted by Gasteiger charge is 2.20. The van der Waals surface area contributed by atoms with Crippen molar-refractivity contribution < 1.29 is 14.6 Å². The first-order chi connectivity index (χ1) is 12.3. The zero-order chi connectivity index (χ0) is 19.2. The topological polar surface area (TPSA) is 50.7 Å². The summed E-state index contributed by atoms with van der Waals surface area (Å²) >= 11 is 12.0. The van der Waals surface area contributed by atoms with Gasteiger partial charge in [-0.1, -0.05) is 41.4 Å². The minimum atomic E-state index is -0.666. The van der Waals surface area contributed by atoms with E-state index in [0.717, 1.165) is 12.2 Å². The Morgan fingerprint density at radius 2 is 1.81 bits per heavy atom. The van der Waals surface area contributed by atoms with E-state index >= 15 is 0 Å². The van der Waals surface area contributed by atoms with Gasteiger partial charge >= 0.3 is 0 Å². The number of methoxy groups -OCH3 is 1. The number of halogens is 2. The highest BCUT2D eigenvalue weighted by atomic mass is 35.5. The molecule has 1 atom stereocenters. The number of β-amino-alcohol motifs (C(OH)–C–C–N with tert-alkyl or cyclic N) is 1. The largest absolute Gasteiger partial charge is 0.497 e. The van der Waals surface area contributed by atoms with E-state index in [0.29, 0.717) is 22.3 Å². The van der Waals surface area contributed by atoms with Crippen LogP contribution >= 0.6 is 23.2 Å². The highest BCUT2D eigenvalue weighted by molar-refractivity contribution is 6.42. The zero-order valence-electron chi connectivity index (χ0n) is 15.3. The second-order valence-electron chi connectivity index (χ2n) is 6.81. The minimum absolute atomic E-state index is 0.131. The number of aliphatic hydroxyl groups is 1. The summed E-state index contributed by atoms with van der Waals surface area (Å²) in [6.45, 7) is 4.73. The second-order valence-corrected chi connectivity index (χ2v) is 7.59. The van der Waals surface area contributed by atoms with Crippen LogP contribution in [0, 0.1) is 0 Å². The summed E-state index contributed by atoms with van der Waals surface area (Å²) in [6.07, 6.45) is 0.158. The van der Waals surface area contributed by atoms with Gasteiger partial charge in [-0.15, -0.1) is 0 Å². The lowest BCUT2D eigenvalue weighted by Gasteiger charge is -2.28. The Labute approximate surface area is 165 Å². The normalized spacial score (nSPS) is 12.7. The van der Waals surface area contributed by atoms with Crippen LogP contribution in [0.1, 0.15) is 19.4 Å². The summed E-state index contributed by atoms with van der Waals surface area (Å²) in [7, 11) is 1.65. The molecule has 0 saturated heterocycles. The fourth-order valence-corrected chi connectivity index (χ4v) is 2.90. The molecule has 0 aromatic heterocycles. The molecule has 142 valence electrons. The molecule has 6 heteroatoms. The Hall–Kier alpha value is -1.46. The smallest absolute Gasteiger partial charge is 0.139 e. The SMILES string of the molecule is COc1ccc(CC(C)(C)NC[C@@H](O)COc2cccc(Cl)c2Cl)cc1. The lowest BCUT2D eigenvalue weighted by atomic mass is 9.94. The van der Waals surface area contributed by atoms with Crippen molar-refractivity contribution in [2.24, 2.45) is 0 Å². The van der Waals surface area contributed by atoms with Crippen molar-refractivity contribution in [1.29, 1.82) is 0 Å². The number of rotatable bonds is 9. The molecule has 0 heterocycles. The van der Waals surface area contributed by atoms with E-state index in [1.807, 2.05) is 24.3 Å². The van der Waals surface area contributed by atoms with E-state index in [4.69, 9.17) is 32.7 Å². The third kappa shape index (κ3) is 6.36. The van der Waals surface area contributed by atoms with Crippen molar-refractivity contribution in [2.45, 2.75) is 31.9 Å². The molecule has 2 aromatic rings. The standard InChI is InChI=1S/C20H25Cl2NO3/c1-20(2,11-14-7-9-16(25-3)10-8-14)23-12-15(24)13-26-18-6-4-5-17(21)19(18)22/h4-10,15,23-24H,11-13H2,1-3H3/t15-/m1/s1. The van der Waals surface area contributed by atoms with E-state index in [9.17, 15) is 5.11 Å². The Balaban J connectivity index is 1.81. The molecule has 0 spiro atoms. The van der Waals surface area contributed by atoms with Gasteiger partial charge in [-0.05, 0) is 50.1 Å². The zero-order valence-corrected chi connectivity index (χ0v) is 16.8. The molecular weight excluding hydrogens is 373 g/mol. The number of benzene rings is 2. The molecule has 26 heavy (non-hydrogen) atoms. The van der Waals surface area contributed by atoms with Gasteiger partial charge in [0.05, 0.1) is 12.1 Å². The van der Waals surface area contributed by atoms with E-state index in [2.05, 4.69) is 19.2 Å². The average Bonchev–Trinajstić information content (AvgIpc) is 2.61. The van der Waals surface area contributed by atoms with Crippen LogP contribution in [-0.4, -0.2) is 37.0 Å². The summed E-state index contributed by atoms with van der Waals surface area (Å²) in [4.78, 5) is 0. The van der Waals surface area contributed by atoms with E-state index < -0.39 is 6.10 Å². The molecule has 0 amide bonds. The highest BCUT2D eigenvalue weighted by Crippen LogP contribution is 2.31. The third-order valence-electron chi connectivity index (χ3n) is 3.97. The maximum absolute atomic E-state index is 10.2. The molecule has 0 fully saturated rings. The van der Waals surface area contributed by atoms with Gasteiger partial charge in [0.1, 0.15) is 29.2 Å². The molecular formula is C20H25Cl2NO3. The monoisotopic (exact) mass is 397 g/mol. The molecule has 2 rings (SSSR count). The van der Waals surface area contributed by atoms with Gasteiger partial charge < -0.3 is 19.9 Å². The molecule has 4 nitrogen and oxygen atoms in total. The minimum Gasteiger partial charge on any atom is -0.497 e. The first-order valence-electron chi connectivity index (χ1n) is 8.43. The van der Waals surface area contributed by atoms with Gasteiger partial charge in [0.25, 0.3) is 0 Å². The van der Waals surface area contributed by atoms with Crippen LogP contribution in [0.2, 0.25) is 10.0 Å². The number of hydrogen-bond acceptors (Lipinski definition) is 4. The fourth-order valence-electron chi connectivity index (χ4n) is 2.55. The van der Waals surface area contributed by atoms with Gasteiger partial charge in [0, 0.05) is 12.1 Å². The van der Waals surface area contributed by atoms with Gasteiger partial charge in [-0.2, -0.15) is 0 Å². The van der Waals surface area contributed by atoms with Gasteiger partial charge in [0.15, 0.2) is 0 Å². The molecule has 0 bridgehead atoms. The van der Waals surface area contributed by atoms with Crippen LogP contribution in [0.25, 0.3) is 0 Å². The van der Waals surface area contributed by atoms with Crippen molar-refractivity contribution in [3.05, 3.63) is 58.1 Å². The molecule has 2 N–H and O–H groups in total. The lowest BCUT2D eigenvalue weighted by molar-refractivity contribution is 0.0989. The van der Waals surface area contributed by atoms with E-state index in [-0.39, 0.29) is 12.1 Å². The Bertz CT molecular complexity index is 705. The average molecular weight is 398 g/mol. The molecule has 0 unspecified atom stereocenters. The van der Waals surface area contributed by atoms with E-state index in [1.165, 1.54) is 5.56 Å². The molecule has 0 aliphatic rings. The summed E-state index contributed by atoms with van der Waals surface area (Å²) < 4.78 is 10.7. The molecule has 2 aromatic carbocycles. The fraction of sp³-hybridized carbons (Fsp3) is 0.400. The number of ether oxygens (including phenoxy) is 2. The van der Waals surface area contributed by atoms with Crippen LogP contribution in [0.5, 0.6) is 11.5 Å². The van der Waals surface area contributed by atoms with E-state index in [1.54, 1.807) is 25.3 Å². The molecule has 0 aliphatic carbocycles. The predicted octanol–water partition coefficient (Wildman–Crippen LogP) is 4.35.